The predicted molar refractivity (Wildman–Crippen MR) is 69.0 cm³/mol. The fourth-order valence-electron chi connectivity index (χ4n) is 2.39. The molecule has 1 saturated heterocycles. The summed E-state index contributed by atoms with van der Waals surface area (Å²) in [5.41, 5.74) is 0.945. The van der Waals surface area contributed by atoms with Gasteiger partial charge < -0.3 is 10.6 Å². The van der Waals surface area contributed by atoms with E-state index in [1.54, 1.807) is 0 Å². The maximum Gasteiger partial charge on any atom is 0.138 e. The van der Waals surface area contributed by atoms with Crippen LogP contribution in [0.15, 0.2) is 24.3 Å². The summed E-state index contributed by atoms with van der Waals surface area (Å²) >= 11 is 0. The number of piperidine rings is 1. The van der Waals surface area contributed by atoms with Crippen LogP contribution in [0.5, 0.6) is 0 Å². The molecule has 0 amide bonds. The van der Waals surface area contributed by atoms with Gasteiger partial charge in [-0.25, -0.2) is 4.39 Å². The molecule has 1 aromatic rings. The van der Waals surface area contributed by atoms with Gasteiger partial charge in [-0.15, -0.1) is 0 Å². The summed E-state index contributed by atoms with van der Waals surface area (Å²) in [5, 5.41) is 6.33. The van der Waals surface area contributed by atoms with Crippen molar-refractivity contribution in [1.29, 1.82) is 0 Å². The maximum absolute atomic E-state index is 14.8. The number of likely N-dealkylation sites (N-methyl/N-ethyl adjacent to an activating group) is 1. The zero-order chi connectivity index (χ0) is 12.1. The van der Waals surface area contributed by atoms with Crippen molar-refractivity contribution < 1.29 is 4.39 Å². The summed E-state index contributed by atoms with van der Waals surface area (Å²) in [6, 6.07) is 8.01. The molecule has 0 aromatic heterocycles. The van der Waals surface area contributed by atoms with E-state index < -0.39 is 5.67 Å². The van der Waals surface area contributed by atoms with Gasteiger partial charge in [-0.05, 0) is 57.1 Å². The van der Waals surface area contributed by atoms with Crippen LogP contribution in [0.25, 0.3) is 0 Å². The van der Waals surface area contributed by atoms with Crippen LogP contribution < -0.4 is 10.6 Å². The van der Waals surface area contributed by atoms with E-state index in [4.69, 9.17) is 0 Å². The van der Waals surface area contributed by atoms with Gasteiger partial charge in [0.1, 0.15) is 5.67 Å². The normalized spacial score (nSPS) is 19.2. The first kappa shape index (κ1) is 12.5. The Bertz CT molecular complexity index is 359. The standard InChI is InChI=1S/C14H21FN2/c1-16-8-5-12-3-2-4-13(11-12)14(15)6-9-17-10-7-14/h2-4,11,16-17H,5-10H2,1H3. The van der Waals surface area contributed by atoms with Crippen LogP contribution in [0.4, 0.5) is 4.39 Å². The minimum Gasteiger partial charge on any atom is -0.319 e. The third kappa shape index (κ3) is 3.05. The van der Waals surface area contributed by atoms with Crippen LogP contribution >= 0.6 is 0 Å². The second kappa shape index (κ2) is 5.61. The van der Waals surface area contributed by atoms with Crippen molar-refractivity contribution in [3.05, 3.63) is 35.4 Å². The fourth-order valence-corrected chi connectivity index (χ4v) is 2.39. The lowest BCUT2D eigenvalue weighted by Gasteiger charge is -2.30. The van der Waals surface area contributed by atoms with Crippen molar-refractivity contribution in [3.8, 4) is 0 Å². The van der Waals surface area contributed by atoms with E-state index >= 15 is 0 Å². The average Bonchev–Trinajstić information content (AvgIpc) is 2.38. The van der Waals surface area contributed by atoms with E-state index in [1.165, 1.54) is 5.56 Å². The van der Waals surface area contributed by atoms with Gasteiger partial charge in [0.25, 0.3) is 0 Å². The van der Waals surface area contributed by atoms with Crippen molar-refractivity contribution in [2.45, 2.75) is 24.9 Å². The van der Waals surface area contributed by atoms with E-state index in [2.05, 4.69) is 16.7 Å². The van der Waals surface area contributed by atoms with Gasteiger partial charge in [-0.1, -0.05) is 24.3 Å². The molecule has 1 aromatic carbocycles. The molecule has 1 heterocycles. The summed E-state index contributed by atoms with van der Waals surface area (Å²) < 4.78 is 14.8. The van der Waals surface area contributed by atoms with Crippen molar-refractivity contribution in [2.75, 3.05) is 26.7 Å². The van der Waals surface area contributed by atoms with Gasteiger partial charge in [0.2, 0.25) is 0 Å². The van der Waals surface area contributed by atoms with Gasteiger partial charge in [0, 0.05) is 0 Å². The first-order valence-corrected chi connectivity index (χ1v) is 6.38. The van der Waals surface area contributed by atoms with E-state index in [1.807, 2.05) is 25.2 Å². The monoisotopic (exact) mass is 236 g/mol. The highest BCUT2D eigenvalue weighted by molar-refractivity contribution is 5.29. The zero-order valence-electron chi connectivity index (χ0n) is 10.4. The largest absolute Gasteiger partial charge is 0.319 e. The molecule has 0 atom stereocenters. The third-order valence-electron chi connectivity index (χ3n) is 3.50. The lowest BCUT2D eigenvalue weighted by molar-refractivity contribution is 0.115. The Morgan fingerprint density at radius 3 is 2.82 bits per heavy atom. The van der Waals surface area contributed by atoms with Crippen molar-refractivity contribution in [2.24, 2.45) is 0 Å². The van der Waals surface area contributed by atoms with Gasteiger partial charge in [-0.2, -0.15) is 0 Å². The molecular formula is C14H21FN2. The summed E-state index contributed by atoms with van der Waals surface area (Å²) in [5.74, 6) is 0. The molecule has 0 radical (unpaired) electrons. The highest BCUT2D eigenvalue weighted by atomic mass is 19.1. The topological polar surface area (TPSA) is 24.1 Å². The highest BCUT2D eigenvalue weighted by Gasteiger charge is 2.33. The summed E-state index contributed by atoms with van der Waals surface area (Å²) in [4.78, 5) is 0. The van der Waals surface area contributed by atoms with Gasteiger partial charge in [0.05, 0.1) is 0 Å². The fraction of sp³-hybridized carbons (Fsp3) is 0.571. The molecule has 0 aliphatic carbocycles. The lowest BCUT2D eigenvalue weighted by Crippen LogP contribution is -2.36. The zero-order valence-corrected chi connectivity index (χ0v) is 10.4. The predicted octanol–water partition coefficient (Wildman–Crippen LogP) is 2.00. The van der Waals surface area contributed by atoms with E-state index in [0.29, 0.717) is 12.8 Å². The average molecular weight is 236 g/mol. The second-order valence-electron chi connectivity index (χ2n) is 4.77. The van der Waals surface area contributed by atoms with Crippen LogP contribution in [-0.4, -0.2) is 26.7 Å². The van der Waals surface area contributed by atoms with Crippen molar-refractivity contribution in [1.82, 2.24) is 10.6 Å². The number of hydrogen-bond donors (Lipinski definition) is 2. The minimum absolute atomic E-state index is 0.586. The molecule has 2 nitrogen and oxygen atoms in total. The Kier molecular flexibility index (Phi) is 4.13. The molecule has 1 fully saturated rings. The summed E-state index contributed by atoms with van der Waals surface area (Å²) in [6.45, 7) is 2.48. The van der Waals surface area contributed by atoms with E-state index in [-0.39, 0.29) is 0 Å². The van der Waals surface area contributed by atoms with Gasteiger partial charge in [0.15, 0.2) is 0 Å². The third-order valence-corrected chi connectivity index (χ3v) is 3.50. The van der Waals surface area contributed by atoms with Crippen LogP contribution in [-0.2, 0) is 12.1 Å². The number of halogens is 1. The lowest BCUT2D eigenvalue weighted by atomic mass is 9.86. The molecular weight excluding hydrogens is 215 g/mol. The number of benzene rings is 1. The maximum atomic E-state index is 14.8. The van der Waals surface area contributed by atoms with E-state index in [0.717, 1.165) is 31.6 Å². The van der Waals surface area contributed by atoms with Crippen LogP contribution in [0.3, 0.4) is 0 Å². The number of rotatable bonds is 4. The molecule has 0 spiro atoms. The molecule has 0 saturated carbocycles. The first-order valence-electron chi connectivity index (χ1n) is 6.38. The molecule has 0 unspecified atom stereocenters. The van der Waals surface area contributed by atoms with Crippen LogP contribution in [0, 0.1) is 0 Å². The molecule has 1 aliphatic rings. The number of alkyl halides is 1. The molecule has 2 rings (SSSR count). The Morgan fingerprint density at radius 2 is 2.12 bits per heavy atom. The molecule has 2 N–H and O–H groups in total. The highest BCUT2D eigenvalue weighted by Crippen LogP contribution is 2.35. The summed E-state index contributed by atoms with van der Waals surface area (Å²) in [6.07, 6.45) is 2.13. The molecule has 3 heteroatoms. The number of nitrogens with one attached hydrogen (secondary N) is 2. The van der Waals surface area contributed by atoms with Gasteiger partial charge in [-0.3, -0.25) is 0 Å². The molecule has 1 aliphatic heterocycles. The Hall–Kier alpha value is -0.930. The molecule has 0 bridgehead atoms. The summed E-state index contributed by atoms with van der Waals surface area (Å²) in [7, 11) is 1.94. The van der Waals surface area contributed by atoms with Crippen molar-refractivity contribution >= 4 is 0 Å². The van der Waals surface area contributed by atoms with Crippen LogP contribution in [0.1, 0.15) is 24.0 Å². The molecule has 94 valence electrons. The number of hydrogen-bond acceptors (Lipinski definition) is 2. The quantitative estimate of drug-likeness (QED) is 0.835. The first-order chi connectivity index (χ1) is 8.24. The SMILES string of the molecule is CNCCc1cccc(C2(F)CCNCC2)c1. The Balaban J connectivity index is 2.14. The Labute approximate surface area is 103 Å². The Morgan fingerprint density at radius 1 is 1.35 bits per heavy atom. The molecule has 17 heavy (non-hydrogen) atoms. The smallest absolute Gasteiger partial charge is 0.138 e. The van der Waals surface area contributed by atoms with E-state index in [9.17, 15) is 4.39 Å². The van der Waals surface area contributed by atoms with Gasteiger partial charge >= 0.3 is 0 Å². The minimum atomic E-state index is -1.12. The van der Waals surface area contributed by atoms with Crippen molar-refractivity contribution in [3.63, 3.8) is 0 Å². The second-order valence-corrected chi connectivity index (χ2v) is 4.77. The van der Waals surface area contributed by atoms with Crippen LogP contribution in [0.2, 0.25) is 0 Å².